The Balaban J connectivity index is 4.59. The van der Waals surface area contributed by atoms with E-state index in [0.717, 1.165) is 38.5 Å². The van der Waals surface area contributed by atoms with Gasteiger partial charge in [0, 0.05) is 12.8 Å². The van der Waals surface area contributed by atoms with Crippen molar-refractivity contribution in [2.45, 2.75) is 154 Å². The van der Waals surface area contributed by atoms with Crippen LogP contribution in [0.4, 0.5) is 0 Å². The number of hydrogen-bond donors (Lipinski definition) is 3. The Morgan fingerprint density at radius 3 is 1.52 bits per heavy atom. The first-order valence-electron chi connectivity index (χ1n) is 16.0. The van der Waals surface area contributed by atoms with Crippen LogP contribution in [0.5, 0.6) is 0 Å². The minimum Gasteiger partial charge on any atom is -0.479 e. The topological polar surface area (TPSA) is 166 Å². The van der Waals surface area contributed by atoms with E-state index in [1.165, 1.54) is 64.2 Å². The lowest BCUT2D eigenvalue weighted by Crippen LogP contribution is -2.31. The maximum absolute atomic E-state index is 12.4. The summed E-state index contributed by atoms with van der Waals surface area (Å²) in [4.78, 5) is 45.5. The quantitative estimate of drug-likeness (QED) is 0.0434. The second kappa shape index (κ2) is 27.1. The molecule has 0 aliphatic heterocycles. The zero-order chi connectivity index (χ0) is 31.5. The predicted octanol–water partition coefficient (Wildman–Crippen LogP) is 6.86. The van der Waals surface area contributed by atoms with Gasteiger partial charge in [0.05, 0.1) is 13.2 Å². The molecule has 0 rings (SSSR count). The molecule has 0 aliphatic rings. The number of ether oxygens (including phenoxy) is 2. The van der Waals surface area contributed by atoms with E-state index < -0.39 is 51.2 Å². The Morgan fingerprint density at radius 1 is 0.667 bits per heavy atom. The monoisotopic (exact) mass is 624 g/mol. The van der Waals surface area contributed by atoms with Crippen molar-refractivity contribution in [3.63, 3.8) is 0 Å². The SMILES string of the molecule is CCCCCCCCCCCC(=O)OCC(COP(=O)(O)OC(CO)C(=O)O)OC(=O)CCCCCCCCCCC. The number of aliphatic carboxylic acids is 1. The van der Waals surface area contributed by atoms with E-state index in [2.05, 4.69) is 18.4 Å². The largest absolute Gasteiger partial charge is 0.479 e. The molecule has 0 heterocycles. The fourth-order valence-corrected chi connectivity index (χ4v) is 5.20. The fourth-order valence-electron chi connectivity index (χ4n) is 4.30. The molecule has 0 radical (unpaired) electrons. The molecule has 12 heteroatoms. The minimum absolute atomic E-state index is 0.137. The molecule has 0 aromatic rings. The van der Waals surface area contributed by atoms with Crippen LogP contribution in [0.15, 0.2) is 0 Å². The van der Waals surface area contributed by atoms with Gasteiger partial charge in [0.1, 0.15) is 6.61 Å². The van der Waals surface area contributed by atoms with Crippen molar-refractivity contribution >= 4 is 25.7 Å². The molecule has 11 nitrogen and oxygen atoms in total. The van der Waals surface area contributed by atoms with Crippen LogP contribution >= 0.6 is 7.82 Å². The average Bonchev–Trinajstić information content (AvgIpc) is 2.95. The Morgan fingerprint density at radius 2 is 1.10 bits per heavy atom. The summed E-state index contributed by atoms with van der Waals surface area (Å²) < 4.78 is 32.0. The van der Waals surface area contributed by atoms with Crippen LogP contribution in [0, 0.1) is 0 Å². The highest BCUT2D eigenvalue weighted by atomic mass is 31.2. The molecule has 42 heavy (non-hydrogen) atoms. The van der Waals surface area contributed by atoms with Gasteiger partial charge in [0.2, 0.25) is 0 Å². The number of aliphatic hydroxyl groups is 1. The summed E-state index contributed by atoms with van der Waals surface area (Å²) in [6.45, 7) is 2.27. The van der Waals surface area contributed by atoms with Crippen molar-refractivity contribution in [1.82, 2.24) is 0 Å². The third-order valence-electron chi connectivity index (χ3n) is 6.82. The molecule has 248 valence electrons. The van der Waals surface area contributed by atoms with Gasteiger partial charge in [0.25, 0.3) is 0 Å². The van der Waals surface area contributed by atoms with E-state index in [-0.39, 0.29) is 19.4 Å². The number of esters is 2. The summed E-state index contributed by atoms with van der Waals surface area (Å²) >= 11 is 0. The summed E-state index contributed by atoms with van der Waals surface area (Å²) in [5.41, 5.74) is 0. The number of rotatable bonds is 30. The van der Waals surface area contributed by atoms with E-state index in [9.17, 15) is 23.8 Å². The van der Waals surface area contributed by atoms with Gasteiger partial charge in [0.15, 0.2) is 12.2 Å². The molecule has 0 aliphatic carbocycles. The molecule has 3 unspecified atom stereocenters. The summed E-state index contributed by atoms with van der Waals surface area (Å²) in [5.74, 6) is -2.69. The van der Waals surface area contributed by atoms with E-state index in [1.807, 2.05) is 0 Å². The molecule has 0 saturated heterocycles. The molecular formula is C30H57O11P. The zero-order valence-corrected chi connectivity index (χ0v) is 26.9. The van der Waals surface area contributed by atoms with Crippen LogP contribution in [0.2, 0.25) is 0 Å². The molecule has 0 fully saturated rings. The molecule has 3 atom stereocenters. The van der Waals surface area contributed by atoms with Crippen LogP contribution in [0.1, 0.15) is 142 Å². The van der Waals surface area contributed by atoms with Gasteiger partial charge in [-0.1, -0.05) is 117 Å². The third-order valence-corrected chi connectivity index (χ3v) is 7.82. The summed E-state index contributed by atoms with van der Waals surface area (Å²) in [7, 11) is -4.92. The standard InChI is InChI=1S/C30H57O11P/c1-3-5-7-9-11-13-15-17-19-21-28(32)38-24-26(25-39-42(36,37)41-27(23-31)30(34)35)40-29(33)22-20-18-16-14-12-10-8-6-4-2/h26-27,31H,3-25H2,1-2H3,(H,34,35)(H,36,37). The molecule has 0 aromatic heterocycles. The first kappa shape index (κ1) is 40.5. The van der Waals surface area contributed by atoms with Crippen molar-refractivity contribution in [1.29, 1.82) is 0 Å². The first-order chi connectivity index (χ1) is 20.1. The predicted molar refractivity (Wildman–Crippen MR) is 160 cm³/mol. The van der Waals surface area contributed by atoms with Gasteiger partial charge >= 0.3 is 25.7 Å². The van der Waals surface area contributed by atoms with Crippen molar-refractivity contribution < 1.29 is 52.6 Å². The Kier molecular flexibility index (Phi) is 26.1. The summed E-state index contributed by atoms with van der Waals surface area (Å²) in [5, 5.41) is 18.0. The number of aliphatic hydroxyl groups excluding tert-OH is 1. The van der Waals surface area contributed by atoms with Gasteiger partial charge in [-0.25, -0.2) is 9.36 Å². The van der Waals surface area contributed by atoms with E-state index >= 15 is 0 Å². The highest BCUT2D eigenvalue weighted by Gasteiger charge is 2.32. The number of carboxylic acid groups (broad SMARTS) is 1. The second-order valence-electron chi connectivity index (χ2n) is 10.8. The van der Waals surface area contributed by atoms with Gasteiger partial charge < -0.3 is 24.6 Å². The van der Waals surface area contributed by atoms with Gasteiger partial charge in [-0.3, -0.25) is 18.6 Å². The fraction of sp³-hybridized carbons (Fsp3) is 0.900. The van der Waals surface area contributed by atoms with Crippen LogP contribution in [0.3, 0.4) is 0 Å². The highest BCUT2D eigenvalue weighted by molar-refractivity contribution is 7.47. The van der Waals surface area contributed by atoms with Gasteiger partial charge in [-0.15, -0.1) is 0 Å². The lowest BCUT2D eigenvalue weighted by molar-refractivity contribution is -0.161. The van der Waals surface area contributed by atoms with Crippen molar-refractivity contribution in [3.05, 3.63) is 0 Å². The van der Waals surface area contributed by atoms with Crippen molar-refractivity contribution in [2.24, 2.45) is 0 Å². The molecule has 0 saturated carbocycles. The second-order valence-corrected chi connectivity index (χ2v) is 12.2. The van der Waals surface area contributed by atoms with Crippen LogP contribution in [-0.2, 0) is 37.5 Å². The van der Waals surface area contributed by atoms with Crippen LogP contribution in [-0.4, -0.2) is 65.0 Å². The summed E-state index contributed by atoms with van der Waals surface area (Å²) in [6.07, 6.45) is 16.8. The normalized spacial score (nSPS) is 14.2. The van der Waals surface area contributed by atoms with Gasteiger partial charge in [-0.05, 0) is 12.8 Å². The Bertz CT molecular complexity index is 747. The van der Waals surface area contributed by atoms with E-state index in [0.29, 0.717) is 12.8 Å². The lowest BCUT2D eigenvalue weighted by Gasteiger charge is -2.21. The van der Waals surface area contributed by atoms with E-state index in [1.54, 1.807) is 0 Å². The molecule has 0 aromatic carbocycles. The molecule has 0 amide bonds. The number of phosphoric ester groups is 1. The Hall–Kier alpha value is -1.52. The molecular weight excluding hydrogens is 567 g/mol. The number of unbranched alkanes of at least 4 members (excludes halogenated alkanes) is 16. The van der Waals surface area contributed by atoms with Crippen molar-refractivity contribution in [3.8, 4) is 0 Å². The third kappa shape index (κ3) is 25.0. The Labute approximate surface area is 252 Å². The first-order valence-corrected chi connectivity index (χ1v) is 17.5. The number of carbonyl (C=O) groups is 3. The lowest BCUT2D eigenvalue weighted by atomic mass is 10.1. The smallest absolute Gasteiger partial charge is 0.473 e. The van der Waals surface area contributed by atoms with Crippen LogP contribution < -0.4 is 0 Å². The summed E-state index contributed by atoms with van der Waals surface area (Å²) in [6, 6.07) is 0. The van der Waals surface area contributed by atoms with Gasteiger partial charge in [-0.2, -0.15) is 0 Å². The zero-order valence-electron chi connectivity index (χ0n) is 26.0. The van der Waals surface area contributed by atoms with Crippen molar-refractivity contribution in [2.75, 3.05) is 19.8 Å². The average molecular weight is 625 g/mol. The number of carboxylic acids is 1. The van der Waals surface area contributed by atoms with E-state index in [4.69, 9.17) is 24.2 Å². The number of hydrogen-bond acceptors (Lipinski definition) is 9. The highest BCUT2D eigenvalue weighted by Crippen LogP contribution is 2.44. The number of carbonyl (C=O) groups excluding carboxylic acids is 2. The number of phosphoric acid groups is 1. The van der Waals surface area contributed by atoms with Crippen LogP contribution in [0.25, 0.3) is 0 Å². The molecule has 0 spiro atoms. The molecule has 3 N–H and O–H groups in total. The molecule has 0 bridgehead atoms. The minimum atomic E-state index is -4.92. The maximum atomic E-state index is 12.4. The maximum Gasteiger partial charge on any atom is 0.473 e.